The summed E-state index contributed by atoms with van der Waals surface area (Å²) in [5, 5.41) is 5.63. The Kier molecular flexibility index (Phi) is 6.61. The van der Waals surface area contributed by atoms with Crippen molar-refractivity contribution in [2.45, 2.75) is 69.9 Å². The number of piperidine rings is 3. The van der Waals surface area contributed by atoms with E-state index in [4.69, 9.17) is 0 Å². The maximum atomic E-state index is 13.6. The first-order valence-corrected chi connectivity index (χ1v) is 12.5. The monoisotopic (exact) mass is 492 g/mol. The molecule has 35 heavy (non-hydrogen) atoms. The first kappa shape index (κ1) is 24.2. The smallest absolute Gasteiger partial charge is 0.322 e. The molecule has 2 N–H and O–H groups in total. The number of alkyl halides is 3. The number of likely N-dealkylation sites (tertiary alicyclic amines) is 1. The number of hydrogen-bond donors (Lipinski definition) is 2. The largest absolute Gasteiger partial charge is 0.393 e. The number of rotatable bonds is 4. The Morgan fingerprint density at radius 3 is 2.49 bits per heavy atom. The molecule has 1 aromatic rings. The maximum Gasteiger partial charge on any atom is 0.393 e. The standard InChI is InChI=1S/C25H31F3N4O3/c26-25(27,28)18-3-4-20(16-7-9-29-10-8-16)31(14-18)12-15-1-2-17-13-32(24(35)19(17)11-15)21-5-6-22(33)30-23(21)34/h1-2,11,16,18,20-21,29H,3-10,12-14H2,(H,30,33,34). The molecule has 3 saturated heterocycles. The zero-order chi connectivity index (χ0) is 24.7. The van der Waals surface area contributed by atoms with Gasteiger partial charge >= 0.3 is 6.18 Å². The van der Waals surface area contributed by atoms with Gasteiger partial charge in [-0.2, -0.15) is 13.2 Å². The summed E-state index contributed by atoms with van der Waals surface area (Å²) in [6.45, 7) is 2.41. The first-order chi connectivity index (χ1) is 16.7. The third-order valence-electron chi connectivity index (χ3n) is 8.10. The lowest BCUT2D eigenvalue weighted by Crippen LogP contribution is -2.52. The zero-order valence-corrected chi connectivity index (χ0v) is 19.6. The van der Waals surface area contributed by atoms with E-state index in [1.165, 1.54) is 4.90 Å². The molecule has 4 heterocycles. The molecular formula is C25H31F3N4O3. The molecule has 3 fully saturated rings. The van der Waals surface area contributed by atoms with Crippen molar-refractivity contribution in [3.8, 4) is 0 Å². The summed E-state index contributed by atoms with van der Waals surface area (Å²) in [6, 6.07) is 4.92. The molecule has 10 heteroatoms. The van der Waals surface area contributed by atoms with E-state index in [9.17, 15) is 27.6 Å². The summed E-state index contributed by atoms with van der Waals surface area (Å²) in [7, 11) is 0. The molecule has 190 valence electrons. The summed E-state index contributed by atoms with van der Waals surface area (Å²) < 4.78 is 40.8. The van der Waals surface area contributed by atoms with Crippen LogP contribution < -0.4 is 10.6 Å². The lowest BCUT2D eigenvalue weighted by Gasteiger charge is -2.45. The minimum Gasteiger partial charge on any atom is -0.322 e. The molecule has 5 rings (SSSR count). The van der Waals surface area contributed by atoms with Gasteiger partial charge in [-0.05, 0) is 68.3 Å². The maximum absolute atomic E-state index is 13.6. The van der Waals surface area contributed by atoms with Gasteiger partial charge in [0.05, 0.1) is 5.92 Å². The number of hydrogen-bond acceptors (Lipinski definition) is 5. The first-order valence-electron chi connectivity index (χ1n) is 12.5. The van der Waals surface area contributed by atoms with Crippen LogP contribution in [-0.2, 0) is 22.7 Å². The molecule has 0 aliphatic carbocycles. The quantitative estimate of drug-likeness (QED) is 0.632. The molecule has 3 atom stereocenters. The van der Waals surface area contributed by atoms with Gasteiger partial charge in [0, 0.05) is 37.7 Å². The normalized spacial score (nSPS) is 28.8. The van der Waals surface area contributed by atoms with E-state index in [0.29, 0.717) is 30.9 Å². The van der Waals surface area contributed by atoms with Gasteiger partial charge in [-0.25, -0.2) is 0 Å². The van der Waals surface area contributed by atoms with Crippen LogP contribution >= 0.6 is 0 Å². The summed E-state index contributed by atoms with van der Waals surface area (Å²) in [6.07, 6.45) is -1.12. The number of nitrogens with one attached hydrogen (secondary N) is 2. The van der Waals surface area contributed by atoms with Crippen molar-refractivity contribution < 1.29 is 27.6 Å². The number of carbonyl (C=O) groups is 3. The molecule has 3 amide bonds. The Hall–Kier alpha value is -2.46. The molecule has 0 bridgehead atoms. The molecular weight excluding hydrogens is 461 g/mol. The van der Waals surface area contributed by atoms with Crippen molar-refractivity contribution in [3.63, 3.8) is 0 Å². The highest BCUT2D eigenvalue weighted by Crippen LogP contribution is 2.39. The highest BCUT2D eigenvalue weighted by Gasteiger charge is 2.46. The van der Waals surface area contributed by atoms with Gasteiger partial charge in [-0.1, -0.05) is 12.1 Å². The van der Waals surface area contributed by atoms with Crippen LogP contribution in [0.3, 0.4) is 0 Å². The Morgan fingerprint density at radius 2 is 1.77 bits per heavy atom. The van der Waals surface area contributed by atoms with Gasteiger partial charge < -0.3 is 10.2 Å². The Morgan fingerprint density at radius 1 is 1.00 bits per heavy atom. The van der Waals surface area contributed by atoms with Crippen molar-refractivity contribution in [2.75, 3.05) is 19.6 Å². The van der Waals surface area contributed by atoms with Crippen LogP contribution in [0.15, 0.2) is 18.2 Å². The Bertz CT molecular complexity index is 1010. The van der Waals surface area contributed by atoms with Crippen LogP contribution in [0, 0.1) is 11.8 Å². The van der Waals surface area contributed by atoms with Gasteiger partial charge in [0.25, 0.3) is 5.91 Å². The van der Waals surface area contributed by atoms with Gasteiger partial charge in [-0.15, -0.1) is 0 Å². The third kappa shape index (κ3) is 4.95. The van der Waals surface area contributed by atoms with E-state index in [1.807, 2.05) is 17.0 Å². The van der Waals surface area contributed by atoms with Gasteiger partial charge in [0.2, 0.25) is 11.8 Å². The summed E-state index contributed by atoms with van der Waals surface area (Å²) in [5.74, 6) is -2.03. The molecule has 3 unspecified atom stereocenters. The van der Waals surface area contributed by atoms with Crippen molar-refractivity contribution >= 4 is 17.7 Å². The van der Waals surface area contributed by atoms with E-state index < -0.39 is 24.0 Å². The SMILES string of the molecule is O=C1CCC(N2Cc3ccc(CN4CC(C(F)(F)F)CCC4C4CCNCC4)cc3C2=O)C(=O)N1. The Balaban J connectivity index is 1.34. The van der Waals surface area contributed by atoms with Crippen molar-refractivity contribution in [1.29, 1.82) is 0 Å². The molecule has 7 nitrogen and oxygen atoms in total. The number of nitrogens with zero attached hydrogens (tertiary/aromatic N) is 2. The topological polar surface area (TPSA) is 81.8 Å². The van der Waals surface area contributed by atoms with E-state index in [2.05, 4.69) is 10.6 Å². The predicted molar refractivity (Wildman–Crippen MR) is 121 cm³/mol. The van der Waals surface area contributed by atoms with Crippen LogP contribution in [0.4, 0.5) is 13.2 Å². The lowest BCUT2D eigenvalue weighted by atomic mass is 9.81. The highest BCUT2D eigenvalue weighted by atomic mass is 19.4. The van der Waals surface area contributed by atoms with E-state index in [-0.39, 0.29) is 43.8 Å². The van der Waals surface area contributed by atoms with E-state index in [1.54, 1.807) is 6.07 Å². The van der Waals surface area contributed by atoms with Gasteiger partial charge in [0.15, 0.2) is 0 Å². The van der Waals surface area contributed by atoms with E-state index >= 15 is 0 Å². The second-order valence-corrected chi connectivity index (χ2v) is 10.3. The molecule has 1 aromatic carbocycles. The molecule has 4 aliphatic rings. The number of amides is 3. The number of carbonyl (C=O) groups excluding carboxylic acids is 3. The molecule has 0 aromatic heterocycles. The fraction of sp³-hybridized carbons (Fsp3) is 0.640. The lowest BCUT2D eigenvalue weighted by molar-refractivity contribution is -0.193. The minimum atomic E-state index is -4.21. The number of halogens is 3. The predicted octanol–water partition coefficient (Wildman–Crippen LogP) is 2.59. The van der Waals surface area contributed by atoms with Crippen LogP contribution in [0.5, 0.6) is 0 Å². The van der Waals surface area contributed by atoms with E-state index in [0.717, 1.165) is 37.1 Å². The van der Waals surface area contributed by atoms with Gasteiger partial charge in [-0.3, -0.25) is 24.6 Å². The molecule has 0 radical (unpaired) electrons. The number of imide groups is 1. The Labute approximate surface area is 202 Å². The fourth-order valence-corrected chi connectivity index (χ4v) is 6.21. The summed E-state index contributed by atoms with van der Waals surface area (Å²) >= 11 is 0. The van der Waals surface area contributed by atoms with Gasteiger partial charge in [0.1, 0.15) is 6.04 Å². The molecule has 0 spiro atoms. The van der Waals surface area contributed by atoms with Crippen LogP contribution in [0.25, 0.3) is 0 Å². The zero-order valence-electron chi connectivity index (χ0n) is 19.6. The average molecular weight is 493 g/mol. The van der Waals surface area contributed by atoms with Crippen LogP contribution in [0.1, 0.15) is 60.0 Å². The average Bonchev–Trinajstić information content (AvgIpc) is 3.15. The summed E-state index contributed by atoms with van der Waals surface area (Å²) in [5.41, 5.74) is 2.10. The summed E-state index contributed by atoms with van der Waals surface area (Å²) in [4.78, 5) is 40.4. The third-order valence-corrected chi connectivity index (χ3v) is 8.10. The second kappa shape index (κ2) is 9.54. The van der Waals surface area contributed by atoms with Crippen molar-refractivity contribution in [3.05, 3.63) is 34.9 Å². The molecule has 4 aliphatic heterocycles. The number of benzene rings is 1. The van der Waals surface area contributed by atoms with Crippen molar-refractivity contribution in [1.82, 2.24) is 20.4 Å². The van der Waals surface area contributed by atoms with Crippen molar-refractivity contribution in [2.24, 2.45) is 11.8 Å². The minimum absolute atomic E-state index is 0.0223. The second-order valence-electron chi connectivity index (χ2n) is 10.3. The number of fused-ring (bicyclic) bond motifs is 1. The highest BCUT2D eigenvalue weighted by molar-refractivity contribution is 6.05. The molecule has 0 saturated carbocycles. The van der Waals surface area contributed by atoms with Crippen LogP contribution in [0.2, 0.25) is 0 Å². The fourth-order valence-electron chi connectivity index (χ4n) is 6.21. The van der Waals surface area contributed by atoms with Crippen LogP contribution in [-0.4, -0.2) is 65.4 Å².